The van der Waals surface area contributed by atoms with Gasteiger partial charge in [-0.3, -0.25) is 0 Å². The van der Waals surface area contributed by atoms with Crippen molar-refractivity contribution in [3.63, 3.8) is 0 Å². The lowest BCUT2D eigenvalue weighted by atomic mass is 10.1. The fourth-order valence-electron chi connectivity index (χ4n) is 2.29. The molecule has 3 heteroatoms. The molecule has 0 bridgehead atoms. The van der Waals surface area contributed by atoms with Crippen molar-refractivity contribution >= 4 is 0 Å². The van der Waals surface area contributed by atoms with Gasteiger partial charge < -0.3 is 14.6 Å². The number of aryl methyl sites for hydroxylation is 1. The van der Waals surface area contributed by atoms with E-state index >= 15 is 0 Å². The first-order valence-electron chi connectivity index (χ1n) is 6.36. The summed E-state index contributed by atoms with van der Waals surface area (Å²) >= 11 is 0. The van der Waals surface area contributed by atoms with Crippen LogP contribution in [0.25, 0.3) is 0 Å². The summed E-state index contributed by atoms with van der Waals surface area (Å²) in [6.07, 6.45) is -0.596. The number of aliphatic hydroxyl groups is 1. The second kappa shape index (κ2) is 4.94. The highest BCUT2D eigenvalue weighted by atomic mass is 16.5. The highest BCUT2D eigenvalue weighted by molar-refractivity contribution is 5.51. The molecule has 3 rings (SSSR count). The van der Waals surface area contributed by atoms with Crippen LogP contribution in [0.2, 0.25) is 0 Å². The van der Waals surface area contributed by atoms with E-state index in [0.717, 1.165) is 22.4 Å². The highest BCUT2D eigenvalue weighted by Gasteiger charge is 2.26. The van der Waals surface area contributed by atoms with E-state index in [1.54, 1.807) is 0 Å². The van der Waals surface area contributed by atoms with Gasteiger partial charge in [-0.15, -0.1) is 0 Å². The van der Waals surface area contributed by atoms with Crippen LogP contribution in [0.1, 0.15) is 22.8 Å². The van der Waals surface area contributed by atoms with Crippen molar-refractivity contribution in [2.24, 2.45) is 0 Å². The van der Waals surface area contributed by atoms with Gasteiger partial charge in [0.05, 0.1) is 5.56 Å². The SMILES string of the molecule is Cc1cc(OCc2ccccc2)c2c(c1)OCC2O. The number of hydrogen-bond donors (Lipinski definition) is 1. The smallest absolute Gasteiger partial charge is 0.129 e. The second-order valence-corrected chi connectivity index (χ2v) is 4.78. The van der Waals surface area contributed by atoms with Crippen molar-refractivity contribution in [1.82, 2.24) is 0 Å². The second-order valence-electron chi connectivity index (χ2n) is 4.78. The highest BCUT2D eigenvalue weighted by Crippen LogP contribution is 2.40. The maximum Gasteiger partial charge on any atom is 0.129 e. The van der Waals surface area contributed by atoms with Crippen molar-refractivity contribution < 1.29 is 14.6 Å². The third-order valence-electron chi connectivity index (χ3n) is 3.22. The van der Waals surface area contributed by atoms with Crippen LogP contribution in [0.15, 0.2) is 42.5 Å². The standard InChI is InChI=1S/C16H16O3/c1-11-7-14(16-13(17)10-19-15(16)8-11)18-9-12-5-3-2-4-6-12/h2-8,13,17H,9-10H2,1H3. The molecule has 1 atom stereocenters. The summed E-state index contributed by atoms with van der Waals surface area (Å²) in [6.45, 7) is 2.79. The van der Waals surface area contributed by atoms with Crippen LogP contribution >= 0.6 is 0 Å². The minimum absolute atomic E-state index is 0.306. The number of aliphatic hydroxyl groups excluding tert-OH is 1. The van der Waals surface area contributed by atoms with Gasteiger partial charge in [0.1, 0.15) is 30.8 Å². The first-order valence-corrected chi connectivity index (χ1v) is 6.36. The molecule has 2 aromatic carbocycles. The van der Waals surface area contributed by atoms with Crippen LogP contribution in [-0.2, 0) is 6.61 Å². The Balaban J connectivity index is 1.85. The van der Waals surface area contributed by atoms with E-state index in [0.29, 0.717) is 19.0 Å². The van der Waals surface area contributed by atoms with Gasteiger partial charge in [0, 0.05) is 0 Å². The Morgan fingerprint density at radius 1 is 1.26 bits per heavy atom. The molecule has 1 heterocycles. The molecule has 0 saturated heterocycles. The molecule has 1 N–H and O–H groups in total. The molecular weight excluding hydrogens is 240 g/mol. The third kappa shape index (κ3) is 2.42. The predicted molar refractivity (Wildman–Crippen MR) is 72.4 cm³/mol. The summed E-state index contributed by atoms with van der Waals surface area (Å²) in [4.78, 5) is 0. The molecule has 98 valence electrons. The number of benzene rings is 2. The van der Waals surface area contributed by atoms with E-state index < -0.39 is 6.10 Å². The zero-order valence-electron chi connectivity index (χ0n) is 10.8. The molecule has 0 amide bonds. The molecule has 0 aliphatic carbocycles. The summed E-state index contributed by atoms with van der Waals surface area (Å²) < 4.78 is 11.3. The molecule has 0 spiro atoms. The number of rotatable bonds is 3. The molecule has 19 heavy (non-hydrogen) atoms. The van der Waals surface area contributed by atoms with E-state index in [9.17, 15) is 5.11 Å². The molecule has 1 aliphatic rings. The third-order valence-corrected chi connectivity index (χ3v) is 3.22. The maximum absolute atomic E-state index is 9.95. The van der Waals surface area contributed by atoms with Crippen LogP contribution in [0.3, 0.4) is 0 Å². The van der Waals surface area contributed by atoms with Crippen LogP contribution in [-0.4, -0.2) is 11.7 Å². The van der Waals surface area contributed by atoms with Gasteiger partial charge in [-0.1, -0.05) is 30.3 Å². The minimum Gasteiger partial charge on any atom is -0.490 e. The first kappa shape index (κ1) is 12.1. The van der Waals surface area contributed by atoms with Crippen LogP contribution < -0.4 is 9.47 Å². The lowest BCUT2D eigenvalue weighted by molar-refractivity contribution is 0.137. The largest absolute Gasteiger partial charge is 0.490 e. The lowest BCUT2D eigenvalue weighted by Crippen LogP contribution is -2.02. The molecule has 2 aromatic rings. The summed E-state index contributed by atoms with van der Waals surface area (Å²) in [6, 6.07) is 13.9. The molecule has 3 nitrogen and oxygen atoms in total. The zero-order chi connectivity index (χ0) is 13.2. The first-order chi connectivity index (χ1) is 9.24. The van der Waals surface area contributed by atoms with Crippen LogP contribution in [0.4, 0.5) is 0 Å². The van der Waals surface area contributed by atoms with E-state index in [4.69, 9.17) is 9.47 Å². The Hall–Kier alpha value is -2.00. The van der Waals surface area contributed by atoms with Gasteiger partial charge in [-0.25, -0.2) is 0 Å². The Morgan fingerprint density at radius 2 is 2.05 bits per heavy atom. The minimum atomic E-state index is -0.596. The summed E-state index contributed by atoms with van der Waals surface area (Å²) in [5.74, 6) is 1.44. The topological polar surface area (TPSA) is 38.7 Å². The maximum atomic E-state index is 9.95. The molecule has 1 aliphatic heterocycles. The van der Waals surface area contributed by atoms with Gasteiger partial charge in [0.25, 0.3) is 0 Å². The average molecular weight is 256 g/mol. The zero-order valence-corrected chi connectivity index (χ0v) is 10.8. The fraction of sp³-hybridized carbons (Fsp3) is 0.250. The van der Waals surface area contributed by atoms with Crippen molar-refractivity contribution in [3.05, 3.63) is 59.2 Å². The molecule has 0 aromatic heterocycles. The van der Waals surface area contributed by atoms with E-state index in [1.165, 1.54) is 0 Å². The fourth-order valence-corrected chi connectivity index (χ4v) is 2.29. The van der Waals surface area contributed by atoms with E-state index in [-0.39, 0.29) is 0 Å². The normalized spacial score (nSPS) is 16.8. The van der Waals surface area contributed by atoms with E-state index in [2.05, 4.69) is 0 Å². The van der Waals surface area contributed by atoms with Gasteiger partial charge in [0.2, 0.25) is 0 Å². The Bertz CT molecular complexity index is 578. The van der Waals surface area contributed by atoms with Crippen LogP contribution in [0, 0.1) is 6.92 Å². The average Bonchev–Trinajstić information content (AvgIpc) is 2.79. The van der Waals surface area contributed by atoms with Gasteiger partial charge in [-0.2, -0.15) is 0 Å². The molecule has 0 radical (unpaired) electrons. The predicted octanol–water partition coefficient (Wildman–Crippen LogP) is 3.00. The summed E-state index contributed by atoms with van der Waals surface area (Å²) in [7, 11) is 0. The van der Waals surface area contributed by atoms with Crippen molar-refractivity contribution in [3.8, 4) is 11.5 Å². The Labute approximate surface area is 112 Å². The van der Waals surface area contributed by atoms with Crippen molar-refractivity contribution in [1.29, 1.82) is 0 Å². The lowest BCUT2D eigenvalue weighted by Gasteiger charge is -2.12. The van der Waals surface area contributed by atoms with Crippen molar-refractivity contribution in [2.75, 3.05) is 6.61 Å². The van der Waals surface area contributed by atoms with Crippen molar-refractivity contribution in [2.45, 2.75) is 19.6 Å². The van der Waals surface area contributed by atoms with Gasteiger partial charge in [-0.05, 0) is 30.2 Å². The molecule has 0 saturated carbocycles. The number of hydrogen-bond acceptors (Lipinski definition) is 3. The Kier molecular flexibility index (Phi) is 3.13. The molecular formula is C16H16O3. The van der Waals surface area contributed by atoms with Crippen LogP contribution in [0.5, 0.6) is 11.5 Å². The number of ether oxygens (including phenoxy) is 2. The molecule has 0 fully saturated rings. The summed E-state index contributed by atoms with van der Waals surface area (Å²) in [5.41, 5.74) is 2.93. The molecule has 1 unspecified atom stereocenters. The van der Waals surface area contributed by atoms with E-state index in [1.807, 2.05) is 49.4 Å². The summed E-state index contributed by atoms with van der Waals surface area (Å²) in [5, 5.41) is 9.95. The quantitative estimate of drug-likeness (QED) is 0.917. The van der Waals surface area contributed by atoms with Gasteiger partial charge >= 0.3 is 0 Å². The monoisotopic (exact) mass is 256 g/mol. The van der Waals surface area contributed by atoms with Gasteiger partial charge in [0.15, 0.2) is 0 Å². The Morgan fingerprint density at radius 3 is 2.84 bits per heavy atom. The number of fused-ring (bicyclic) bond motifs is 1.